The molecule has 0 bridgehead atoms. The molecule has 1 aliphatic heterocycles. The molecular formula is C14H22BrN3S2. The Balaban J connectivity index is 2.32. The molecule has 1 aromatic heterocycles. The van der Waals surface area contributed by atoms with E-state index in [9.17, 15) is 0 Å². The van der Waals surface area contributed by atoms with Gasteiger partial charge in [0, 0.05) is 23.8 Å². The molecule has 1 atom stereocenters. The molecule has 6 heteroatoms. The van der Waals surface area contributed by atoms with Crippen molar-refractivity contribution in [3.63, 3.8) is 0 Å². The lowest BCUT2D eigenvalue weighted by molar-refractivity contribution is 0.775. The maximum atomic E-state index is 4.83. The van der Waals surface area contributed by atoms with Crippen LogP contribution in [0.1, 0.15) is 49.9 Å². The van der Waals surface area contributed by atoms with Gasteiger partial charge in [0.1, 0.15) is 11.6 Å². The van der Waals surface area contributed by atoms with E-state index >= 15 is 0 Å². The zero-order valence-corrected chi connectivity index (χ0v) is 15.5. The van der Waals surface area contributed by atoms with Crippen LogP contribution in [-0.2, 0) is 0 Å². The fourth-order valence-corrected chi connectivity index (χ4v) is 5.38. The monoisotopic (exact) mass is 375 g/mol. The van der Waals surface area contributed by atoms with Crippen LogP contribution in [0.4, 0.5) is 5.82 Å². The van der Waals surface area contributed by atoms with Crippen molar-refractivity contribution in [2.75, 3.05) is 29.1 Å². The summed E-state index contributed by atoms with van der Waals surface area (Å²) in [5, 5.41) is 3.86. The Labute approximate surface area is 138 Å². The van der Waals surface area contributed by atoms with E-state index in [1.807, 2.05) is 23.5 Å². The second-order valence-electron chi connectivity index (χ2n) is 5.15. The van der Waals surface area contributed by atoms with Gasteiger partial charge in [0.2, 0.25) is 0 Å². The molecule has 0 radical (unpaired) electrons. The second-order valence-corrected chi connectivity index (χ2v) is 8.40. The van der Waals surface area contributed by atoms with E-state index in [0.717, 1.165) is 40.5 Å². The third kappa shape index (κ3) is 4.04. The van der Waals surface area contributed by atoms with Crippen molar-refractivity contribution in [1.29, 1.82) is 0 Å². The van der Waals surface area contributed by atoms with Crippen LogP contribution in [0.5, 0.6) is 0 Å². The standard InChI is InChI=1S/C14H22BrN3S2/c1-4-5-16-14-11(15)12(9(2)3)17-13(18-14)10-8-19-6-7-20-10/h9-10H,4-8H2,1-3H3,(H,16,17,18). The van der Waals surface area contributed by atoms with Gasteiger partial charge >= 0.3 is 0 Å². The van der Waals surface area contributed by atoms with Gasteiger partial charge in [-0.15, -0.1) is 11.8 Å². The van der Waals surface area contributed by atoms with Gasteiger partial charge in [-0.1, -0.05) is 20.8 Å². The van der Waals surface area contributed by atoms with Crippen molar-refractivity contribution in [2.45, 2.75) is 38.4 Å². The molecule has 2 rings (SSSR count). The number of nitrogens with zero attached hydrogens (tertiary/aromatic N) is 2. The average Bonchev–Trinajstić information content (AvgIpc) is 2.46. The lowest BCUT2D eigenvalue weighted by Gasteiger charge is -2.22. The molecule has 3 nitrogen and oxygen atoms in total. The number of aromatic nitrogens is 2. The summed E-state index contributed by atoms with van der Waals surface area (Å²) in [4.78, 5) is 9.61. The molecular weight excluding hydrogens is 354 g/mol. The summed E-state index contributed by atoms with van der Waals surface area (Å²) in [6.45, 7) is 7.48. The van der Waals surface area contributed by atoms with E-state index in [4.69, 9.17) is 9.97 Å². The number of hydrogen-bond acceptors (Lipinski definition) is 5. The van der Waals surface area contributed by atoms with Gasteiger partial charge in [-0.05, 0) is 28.3 Å². The van der Waals surface area contributed by atoms with E-state index in [0.29, 0.717) is 11.2 Å². The molecule has 1 aliphatic rings. The summed E-state index contributed by atoms with van der Waals surface area (Å²) in [6, 6.07) is 0. The Kier molecular flexibility index (Phi) is 6.49. The Morgan fingerprint density at radius 2 is 2.15 bits per heavy atom. The van der Waals surface area contributed by atoms with E-state index in [2.05, 4.69) is 42.0 Å². The molecule has 1 unspecified atom stereocenters. The fraction of sp³-hybridized carbons (Fsp3) is 0.714. The van der Waals surface area contributed by atoms with Crippen molar-refractivity contribution in [2.24, 2.45) is 0 Å². The van der Waals surface area contributed by atoms with Crippen LogP contribution in [0.25, 0.3) is 0 Å². The summed E-state index contributed by atoms with van der Waals surface area (Å²) < 4.78 is 1.03. The van der Waals surface area contributed by atoms with Crippen molar-refractivity contribution in [3.05, 3.63) is 16.0 Å². The summed E-state index contributed by atoms with van der Waals surface area (Å²) >= 11 is 7.66. The molecule has 1 fully saturated rings. The highest BCUT2D eigenvalue weighted by Crippen LogP contribution is 2.38. The Morgan fingerprint density at radius 1 is 1.35 bits per heavy atom. The van der Waals surface area contributed by atoms with Crippen molar-refractivity contribution >= 4 is 45.3 Å². The van der Waals surface area contributed by atoms with E-state index in [1.165, 1.54) is 11.5 Å². The Bertz CT molecular complexity index is 448. The maximum Gasteiger partial charge on any atom is 0.144 e. The molecule has 1 saturated heterocycles. The van der Waals surface area contributed by atoms with Crippen molar-refractivity contribution in [1.82, 2.24) is 9.97 Å². The van der Waals surface area contributed by atoms with Crippen LogP contribution in [0.2, 0.25) is 0 Å². The van der Waals surface area contributed by atoms with Crippen LogP contribution < -0.4 is 5.32 Å². The van der Waals surface area contributed by atoms with Gasteiger partial charge in [0.15, 0.2) is 0 Å². The van der Waals surface area contributed by atoms with Crippen molar-refractivity contribution < 1.29 is 0 Å². The van der Waals surface area contributed by atoms with Gasteiger partial charge < -0.3 is 5.32 Å². The zero-order chi connectivity index (χ0) is 14.5. The number of halogens is 1. The van der Waals surface area contributed by atoms with Crippen molar-refractivity contribution in [3.8, 4) is 0 Å². The van der Waals surface area contributed by atoms with E-state index in [-0.39, 0.29) is 0 Å². The van der Waals surface area contributed by atoms with Crippen LogP contribution in [0, 0.1) is 0 Å². The lowest BCUT2D eigenvalue weighted by atomic mass is 10.1. The van der Waals surface area contributed by atoms with Crippen LogP contribution in [0.3, 0.4) is 0 Å². The summed E-state index contributed by atoms with van der Waals surface area (Å²) in [7, 11) is 0. The molecule has 1 N–H and O–H groups in total. The normalized spacial score (nSPS) is 19.4. The third-order valence-corrected chi connectivity index (χ3v) is 6.62. The smallest absolute Gasteiger partial charge is 0.144 e. The van der Waals surface area contributed by atoms with Crippen LogP contribution in [0.15, 0.2) is 4.47 Å². The van der Waals surface area contributed by atoms with E-state index < -0.39 is 0 Å². The summed E-state index contributed by atoms with van der Waals surface area (Å²) in [5.41, 5.74) is 1.12. The second kappa shape index (κ2) is 7.90. The first-order chi connectivity index (χ1) is 9.63. The molecule has 0 spiro atoms. The summed E-state index contributed by atoms with van der Waals surface area (Å²) in [5.74, 6) is 5.91. The average molecular weight is 376 g/mol. The number of thioether (sulfide) groups is 2. The number of hydrogen-bond donors (Lipinski definition) is 1. The highest BCUT2D eigenvalue weighted by Gasteiger charge is 2.23. The molecule has 1 aromatic rings. The quantitative estimate of drug-likeness (QED) is 0.806. The van der Waals surface area contributed by atoms with Gasteiger partial charge in [0.25, 0.3) is 0 Å². The molecule has 2 heterocycles. The van der Waals surface area contributed by atoms with Gasteiger partial charge in [-0.2, -0.15) is 11.8 Å². The predicted octanol–water partition coefficient (Wildman–Crippen LogP) is 4.71. The van der Waals surface area contributed by atoms with Gasteiger partial charge in [0.05, 0.1) is 15.4 Å². The minimum absolute atomic E-state index is 0.398. The first-order valence-electron chi connectivity index (χ1n) is 7.14. The molecule has 0 aliphatic carbocycles. The zero-order valence-electron chi connectivity index (χ0n) is 12.3. The molecule has 0 amide bonds. The SMILES string of the molecule is CCCNc1nc(C2CSCCS2)nc(C(C)C)c1Br. The number of anilines is 1. The fourth-order valence-electron chi connectivity index (χ4n) is 2.01. The third-order valence-electron chi connectivity index (χ3n) is 3.09. The maximum absolute atomic E-state index is 4.83. The topological polar surface area (TPSA) is 37.8 Å². The van der Waals surface area contributed by atoms with Crippen LogP contribution >= 0.6 is 39.5 Å². The highest BCUT2D eigenvalue weighted by molar-refractivity contribution is 9.10. The largest absolute Gasteiger partial charge is 0.369 e. The molecule has 20 heavy (non-hydrogen) atoms. The molecule has 112 valence electrons. The lowest BCUT2D eigenvalue weighted by Crippen LogP contribution is -2.15. The summed E-state index contributed by atoms with van der Waals surface area (Å²) in [6.07, 6.45) is 1.09. The minimum Gasteiger partial charge on any atom is -0.369 e. The number of rotatable bonds is 5. The van der Waals surface area contributed by atoms with E-state index in [1.54, 1.807) is 0 Å². The van der Waals surface area contributed by atoms with Gasteiger partial charge in [-0.25, -0.2) is 9.97 Å². The predicted molar refractivity (Wildman–Crippen MR) is 95.1 cm³/mol. The van der Waals surface area contributed by atoms with Gasteiger partial charge in [-0.3, -0.25) is 0 Å². The minimum atomic E-state index is 0.398. The Hall–Kier alpha value is 0.0600. The molecule has 0 aromatic carbocycles. The first-order valence-corrected chi connectivity index (χ1v) is 10.1. The highest BCUT2D eigenvalue weighted by atomic mass is 79.9. The number of nitrogens with one attached hydrogen (secondary N) is 1. The Morgan fingerprint density at radius 3 is 2.75 bits per heavy atom. The first kappa shape index (κ1) is 16.4. The molecule has 0 saturated carbocycles. The van der Waals surface area contributed by atoms with Crippen LogP contribution in [-0.4, -0.2) is 33.8 Å².